The van der Waals surface area contributed by atoms with Crippen molar-refractivity contribution in [1.82, 2.24) is 20.0 Å². The molecule has 0 amide bonds. The van der Waals surface area contributed by atoms with E-state index in [1.807, 2.05) is 13.8 Å². The summed E-state index contributed by atoms with van der Waals surface area (Å²) in [5, 5.41) is 16.6. The molecule has 0 radical (unpaired) electrons. The summed E-state index contributed by atoms with van der Waals surface area (Å²) in [5.74, 6) is -1.02. The molecule has 2 aromatic heterocycles. The van der Waals surface area contributed by atoms with E-state index in [1.54, 1.807) is 4.68 Å². The van der Waals surface area contributed by atoms with Crippen molar-refractivity contribution in [3.63, 3.8) is 0 Å². The van der Waals surface area contributed by atoms with Crippen LogP contribution < -0.4 is 0 Å². The van der Waals surface area contributed by atoms with Crippen LogP contribution in [0.5, 0.6) is 0 Å². The maximum Gasteiger partial charge on any atom is 0.338 e. The van der Waals surface area contributed by atoms with E-state index in [2.05, 4.69) is 15.3 Å². The summed E-state index contributed by atoms with van der Waals surface area (Å²) in [6.45, 7) is 3.87. The molecule has 15 heavy (non-hydrogen) atoms. The van der Waals surface area contributed by atoms with Crippen molar-refractivity contribution in [1.29, 1.82) is 0 Å². The van der Waals surface area contributed by atoms with Crippen molar-refractivity contribution in [2.45, 2.75) is 19.9 Å². The molecule has 2 heterocycles. The Bertz CT molecular complexity index is 518. The van der Waals surface area contributed by atoms with Crippen molar-refractivity contribution < 1.29 is 9.90 Å². The molecule has 2 aromatic rings. The highest BCUT2D eigenvalue weighted by Crippen LogP contribution is 2.16. The van der Waals surface area contributed by atoms with Crippen LogP contribution in [0, 0.1) is 0 Å². The summed E-state index contributed by atoms with van der Waals surface area (Å²) in [7, 11) is 0. The quantitative estimate of drug-likeness (QED) is 0.795. The van der Waals surface area contributed by atoms with E-state index in [0.717, 1.165) is 0 Å². The van der Waals surface area contributed by atoms with E-state index < -0.39 is 5.97 Å². The van der Waals surface area contributed by atoms with Gasteiger partial charge in [-0.3, -0.25) is 0 Å². The molecular weight excluding hydrogens is 196 g/mol. The molecule has 0 fully saturated rings. The standard InChI is InChI=1S/C9H10N4O2/c1-5(2)13-8-7(11-12-13)6(9(14)15)3-4-10-8/h3-5H,1-2H3,(H,14,15). The highest BCUT2D eigenvalue weighted by Gasteiger charge is 2.15. The number of aromatic nitrogens is 4. The number of carboxylic acid groups (broad SMARTS) is 1. The van der Waals surface area contributed by atoms with E-state index in [4.69, 9.17) is 5.11 Å². The van der Waals surface area contributed by atoms with Crippen molar-refractivity contribution in [2.75, 3.05) is 0 Å². The average Bonchev–Trinajstić information content (AvgIpc) is 2.59. The molecule has 2 rings (SSSR count). The number of pyridine rings is 1. The number of nitrogens with zero attached hydrogens (tertiary/aromatic N) is 4. The number of hydrogen-bond acceptors (Lipinski definition) is 4. The monoisotopic (exact) mass is 206 g/mol. The third kappa shape index (κ3) is 1.43. The van der Waals surface area contributed by atoms with Crippen LogP contribution in [0.15, 0.2) is 12.3 Å². The van der Waals surface area contributed by atoms with Crippen LogP contribution in [0.1, 0.15) is 30.2 Å². The Kier molecular flexibility index (Phi) is 2.11. The highest BCUT2D eigenvalue weighted by atomic mass is 16.4. The van der Waals surface area contributed by atoms with Crippen molar-refractivity contribution in [2.24, 2.45) is 0 Å². The Labute approximate surface area is 85.5 Å². The summed E-state index contributed by atoms with van der Waals surface area (Å²) in [5.41, 5.74) is 0.968. The molecule has 0 bridgehead atoms. The first kappa shape index (κ1) is 9.57. The first-order chi connectivity index (χ1) is 7.11. The first-order valence-electron chi connectivity index (χ1n) is 4.54. The van der Waals surface area contributed by atoms with Crippen LogP contribution in [-0.4, -0.2) is 31.1 Å². The maximum atomic E-state index is 10.9. The molecule has 0 aromatic carbocycles. The molecule has 0 atom stereocenters. The highest BCUT2D eigenvalue weighted by molar-refractivity contribution is 5.99. The van der Waals surface area contributed by atoms with Gasteiger partial charge in [0.1, 0.15) is 5.52 Å². The number of fused-ring (bicyclic) bond motifs is 1. The second kappa shape index (κ2) is 3.30. The third-order valence-corrected chi connectivity index (χ3v) is 2.08. The molecule has 0 saturated heterocycles. The first-order valence-corrected chi connectivity index (χ1v) is 4.54. The Morgan fingerprint density at radius 1 is 1.53 bits per heavy atom. The largest absolute Gasteiger partial charge is 0.478 e. The number of carboxylic acids is 1. The zero-order valence-corrected chi connectivity index (χ0v) is 8.38. The molecule has 0 spiro atoms. The lowest BCUT2D eigenvalue weighted by atomic mass is 10.2. The summed E-state index contributed by atoms with van der Waals surface area (Å²) >= 11 is 0. The molecule has 6 nitrogen and oxygen atoms in total. The number of carbonyl (C=O) groups is 1. The van der Waals surface area contributed by atoms with E-state index in [0.29, 0.717) is 11.2 Å². The summed E-state index contributed by atoms with van der Waals surface area (Å²) < 4.78 is 1.60. The zero-order chi connectivity index (χ0) is 11.0. The lowest BCUT2D eigenvalue weighted by molar-refractivity contribution is 0.0698. The predicted octanol–water partition coefficient (Wildman–Crippen LogP) is 1.11. The Hall–Kier alpha value is -1.98. The molecular formula is C9H10N4O2. The van der Waals surface area contributed by atoms with Crippen molar-refractivity contribution in [3.05, 3.63) is 17.8 Å². The van der Waals surface area contributed by atoms with E-state index in [9.17, 15) is 4.79 Å². The lowest BCUT2D eigenvalue weighted by Crippen LogP contribution is -2.04. The van der Waals surface area contributed by atoms with Gasteiger partial charge in [-0.05, 0) is 19.9 Å². The topological polar surface area (TPSA) is 80.9 Å². The van der Waals surface area contributed by atoms with E-state index >= 15 is 0 Å². The predicted molar refractivity (Wildman–Crippen MR) is 52.7 cm³/mol. The van der Waals surface area contributed by atoms with Gasteiger partial charge in [0, 0.05) is 6.20 Å². The second-order valence-corrected chi connectivity index (χ2v) is 3.46. The van der Waals surface area contributed by atoms with Gasteiger partial charge in [0.25, 0.3) is 0 Å². The molecule has 1 N–H and O–H groups in total. The van der Waals surface area contributed by atoms with Crippen LogP contribution >= 0.6 is 0 Å². The van der Waals surface area contributed by atoms with Gasteiger partial charge in [0.05, 0.1) is 11.6 Å². The fourth-order valence-electron chi connectivity index (χ4n) is 1.36. The molecule has 6 heteroatoms. The van der Waals surface area contributed by atoms with Crippen LogP contribution in [-0.2, 0) is 0 Å². The molecule has 0 saturated carbocycles. The van der Waals surface area contributed by atoms with E-state index in [-0.39, 0.29) is 11.6 Å². The molecule has 0 aliphatic rings. The minimum Gasteiger partial charge on any atom is -0.478 e. The maximum absolute atomic E-state index is 10.9. The van der Waals surface area contributed by atoms with Gasteiger partial charge in [-0.1, -0.05) is 5.21 Å². The van der Waals surface area contributed by atoms with Gasteiger partial charge in [0.2, 0.25) is 0 Å². The summed E-state index contributed by atoms with van der Waals surface area (Å²) in [4.78, 5) is 15.0. The van der Waals surface area contributed by atoms with Gasteiger partial charge in [-0.2, -0.15) is 0 Å². The SMILES string of the molecule is CC(C)n1nnc2c(C(=O)O)ccnc21. The van der Waals surface area contributed by atoms with Crippen LogP contribution in [0.4, 0.5) is 0 Å². The fourth-order valence-corrected chi connectivity index (χ4v) is 1.36. The van der Waals surface area contributed by atoms with Gasteiger partial charge < -0.3 is 5.11 Å². The average molecular weight is 206 g/mol. The Balaban J connectivity index is 2.74. The molecule has 0 aliphatic carbocycles. The molecule has 0 unspecified atom stereocenters. The Morgan fingerprint density at radius 3 is 2.87 bits per heavy atom. The zero-order valence-electron chi connectivity index (χ0n) is 8.38. The normalized spacial score (nSPS) is 11.1. The minimum atomic E-state index is -1.02. The fraction of sp³-hybridized carbons (Fsp3) is 0.333. The van der Waals surface area contributed by atoms with Gasteiger partial charge in [0.15, 0.2) is 5.65 Å². The molecule has 78 valence electrons. The van der Waals surface area contributed by atoms with Gasteiger partial charge in [-0.15, -0.1) is 5.10 Å². The minimum absolute atomic E-state index is 0.103. The summed E-state index contributed by atoms with van der Waals surface area (Å²) in [6.07, 6.45) is 1.45. The third-order valence-electron chi connectivity index (χ3n) is 2.08. The number of rotatable bonds is 2. The summed E-state index contributed by atoms with van der Waals surface area (Å²) in [6, 6.07) is 1.52. The smallest absolute Gasteiger partial charge is 0.338 e. The van der Waals surface area contributed by atoms with Crippen LogP contribution in [0.25, 0.3) is 11.2 Å². The Morgan fingerprint density at radius 2 is 2.27 bits per heavy atom. The number of aromatic carboxylic acids is 1. The van der Waals surface area contributed by atoms with Gasteiger partial charge >= 0.3 is 5.97 Å². The second-order valence-electron chi connectivity index (χ2n) is 3.46. The van der Waals surface area contributed by atoms with Crippen LogP contribution in [0.2, 0.25) is 0 Å². The lowest BCUT2D eigenvalue weighted by Gasteiger charge is -2.03. The number of hydrogen-bond donors (Lipinski definition) is 1. The molecule has 0 aliphatic heterocycles. The van der Waals surface area contributed by atoms with Gasteiger partial charge in [-0.25, -0.2) is 14.5 Å². The van der Waals surface area contributed by atoms with Crippen LogP contribution in [0.3, 0.4) is 0 Å². The van der Waals surface area contributed by atoms with E-state index in [1.165, 1.54) is 12.3 Å². The van der Waals surface area contributed by atoms with Crippen molar-refractivity contribution in [3.8, 4) is 0 Å². The van der Waals surface area contributed by atoms with Crippen molar-refractivity contribution >= 4 is 17.1 Å².